The Hall–Kier alpha value is -0.450. The fraction of sp³-hybridized carbons (Fsp3) is 0.750. The van der Waals surface area contributed by atoms with Crippen molar-refractivity contribution in [1.82, 2.24) is 10.3 Å². The van der Waals surface area contributed by atoms with Gasteiger partial charge in [-0.3, -0.25) is 0 Å². The molecule has 16 heavy (non-hydrogen) atoms. The molecule has 2 unspecified atom stereocenters. The van der Waals surface area contributed by atoms with E-state index in [9.17, 15) is 0 Å². The third-order valence-electron chi connectivity index (χ3n) is 3.22. The molecule has 1 saturated carbocycles. The second-order valence-corrected chi connectivity index (χ2v) is 5.71. The Bertz CT molecular complexity index is 324. The van der Waals surface area contributed by atoms with E-state index in [2.05, 4.69) is 22.6 Å². The van der Waals surface area contributed by atoms with Crippen LogP contribution in [0.1, 0.15) is 36.9 Å². The van der Waals surface area contributed by atoms with E-state index in [0.717, 1.165) is 18.9 Å². The van der Waals surface area contributed by atoms with Crippen molar-refractivity contribution >= 4 is 11.3 Å². The smallest absolute Gasteiger partial charge is 0.0941 e. The van der Waals surface area contributed by atoms with E-state index in [4.69, 9.17) is 5.73 Å². The van der Waals surface area contributed by atoms with E-state index in [-0.39, 0.29) is 0 Å². The maximum absolute atomic E-state index is 5.51. The minimum atomic E-state index is 0.695. The second-order valence-electron chi connectivity index (χ2n) is 4.77. The van der Waals surface area contributed by atoms with Gasteiger partial charge in [0.25, 0.3) is 0 Å². The van der Waals surface area contributed by atoms with Gasteiger partial charge in [0.1, 0.15) is 0 Å². The van der Waals surface area contributed by atoms with E-state index in [1.807, 2.05) is 0 Å². The van der Waals surface area contributed by atoms with Crippen molar-refractivity contribution in [1.29, 1.82) is 0 Å². The lowest BCUT2D eigenvalue weighted by atomic mass is 10.1. The van der Waals surface area contributed by atoms with Gasteiger partial charge in [-0.2, -0.15) is 0 Å². The Kier molecular flexibility index (Phi) is 4.32. The Morgan fingerprint density at radius 1 is 1.56 bits per heavy atom. The van der Waals surface area contributed by atoms with Crippen LogP contribution >= 0.6 is 11.3 Å². The lowest BCUT2D eigenvalue weighted by Gasteiger charge is -2.10. The van der Waals surface area contributed by atoms with E-state index >= 15 is 0 Å². The van der Waals surface area contributed by atoms with Gasteiger partial charge in [0.15, 0.2) is 0 Å². The summed E-state index contributed by atoms with van der Waals surface area (Å²) in [5, 5.41) is 6.91. The van der Waals surface area contributed by atoms with Crippen LogP contribution in [0.25, 0.3) is 0 Å². The first-order valence-corrected chi connectivity index (χ1v) is 7.02. The average Bonchev–Trinajstić information content (AvgIpc) is 2.85. The summed E-state index contributed by atoms with van der Waals surface area (Å²) in [5.74, 6) is 0.890. The van der Waals surface area contributed by atoms with Crippen LogP contribution < -0.4 is 11.1 Å². The van der Waals surface area contributed by atoms with Crippen LogP contribution in [0.5, 0.6) is 0 Å². The van der Waals surface area contributed by atoms with E-state index in [1.165, 1.54) is 30.0 Å². The highest BCUT2D eigenvalue weighted by atomic mass is 32.1. The Labute approximate surface area is 101 Å². The molecule has 0 amide bonds. The molecule has 1 aliphatic carbocycles. The molecule has 1 fully saturated rings. The number of nitrogens with one attached hydrogen (secondary N) is 1. The highest BCUT2D eigenvalue weighted by molar-refractivity contribution is 7.09. The summed E-state index contributed by atoms with van der Waals surface area (Å²) >= 11 is 1.73. The van der Waals surface area contributed by atoms with Crippen molar-refractivity contribution in [2.24, 2.45) is 11.7 Å². The molecular weight excluding hydrogens is 218 g/mol. The zero-order valence-corrected chi connectivity index (χ0v) is 10.7. The number of nitrogens with two attached hydrogens (primary N) is 1. The third-order valence-corrected chi connectivity index (χ3v) is 4.18. The van der Waals surface area contributed by atoms with Crippen molar-refractivity contribution in [2.75, 3.05) is 6.54 Å². The van der Waals surface area contributed by atoms with Crippen molar-refractivity contribution in [3.05, 3.63) is 16.1 Å². The van der Waals surface area contributed by atoms with Crippen LogP contribution in [-0.4, -0.2) is 17.6 Å². The number of thiazole rings is 1. The number of nitrogens with zero attached hydrogens (tertiary/aromatic N) is 1. The lowest BCUT2D eigenvalue weighted by molar-refractivity contribution is 0.499. The SMILES string of the molecule is CC1CCC(NCc2csc(CCN)n2)C1. The van der Waals surface area contributed by atoms with Crippen molar-refractivity contribution in [3.8, 4) is 0 Å². The van der Waals surface area contributed by atoms with E-state index in [0.29, 0.717) is 12.6 Å². The minimum Gasteiger partial charge on any atom is -0.330 e. The van der Waals surface area contributed by atoms with Gasteiger partial charge in [-0.15, -0.1) is 11.3 Å². The summed E-state index contributed by atoms with van der Waals surface area (Å²) < 4.78 is 0. The third kappa shape index (κ3) is 3.27. The summed E-state index contributed by atoms with van der Waals surface area (Å²) in [6.45, 7) is 3.95. The van der Waals surface area contributed by atoms with Gasteiger partial charge >= 0.3 is 0 Å². The van der Waals surface area contributed by atoms with Gasteiger partial charge in [0, 0.05) is 24.4 Å². The molecule has 0 spiro atoms. The molecule has 1 aliphatic rings. The van der Waals surface area contributed by atoms with Crippen LogP contribution in [0.4, 0.5) is 0 Å². The van der Waals surface area contributed by atoms with Crippen LogP contribution in [0.2, 0.25) is 0 Å². The largest absolute Gasteiger partial charge is 0.330 e. The molecule has 1 heterocycles. The van der Waals surface area contributed by atoms with Gasteiger partial charge in [-0.25, -0.2) is 4.98 Å². The molecule has 0 aromatic carbocycles. The molecule has 2 rings (SSSR count). The fourth-order valence-electron chi connectivity index (χ4n) is 2.31. The van der Waals surface area contributed by atoms with Crippen LogP contribution in [0.3, 0.4) is 0 Å². The van der Waals surface area contributed by atoms with Gasteiger partial charge in [0.05, 0.1) is 10.7 Å². The summed E-state index contributed by atoms with van der Waals surface area (Å²) in [7, 11) is 0. The number of aromatic nitrogens is 1. The fourth-order valence-corrected chi connectivity index (χ4v) is 3.12. The Balaban J connectivity index is 1.76. The van der Waals surface area contributed by atoms with E-state index < -0.39 is 0 Å². The second kappa shape index (κ2) is 5.75. The molecule has 1 aromatic rings. The molecule has 3 nitrogen and oxygen atoms in total. The highest BCUT2D eigenvalue weighted by Gasteiger charge is 2.20. The molecule has 3 N–H and O–H groups in total. The van der Waals surface area contributed by atoms with Gasteiger partial charge in [-0.1, -0.05) is 6.92 Å². The summed E-state index contributed by atoms with van der Waals surface area (Å²) in [6.07, 6.45) is 4.92. The van der Waals surface area contributed by atoms with Crippen LogP contribution in [0.15, 0.2) is 5.38 Å². The number of rotatable bonds is 5. The van der Waals surface area contributed by atoms with Crippen LogP contribution in [-0.2, 0) is 13.0 Å². The van der Waals surface area contributed by atoms with E-state index in [1.54, 1.807) is 11.3 Å². The average molecular weight is 239 g/mol. The van der Waals surface area contributed by atoms with Gasteiger partial charge < -0.3 is 11.1 Å². The van der Waals surface area contributed by atoms with Crippen LogP contribution in [0, 0.1) is 5.92 Å². The van der Waals surface area contributed by atoms with Crippen molar-refractivity contribution in [2.45, 2.75) is 45.2 Å². The predicted molar refractivity (Wildman–Crippen MR) is 68.5 cm³/mol. The first-order chi connectivity index (χ1) is 7.78. The zero-order chi connectivity index (χ0) is 11.4. The van der Waals surface area contributed by atoms with Crippen molar-refractivity contribution < 1.29 is 0 Å². The molecule has 2 atom stereocenters. The maximum atomic E-state index is 5.51. The normalized spacial score (nSPS) is 25.1. The molecule has 0 saturated heterocycles. The molecule has 0 radical (unpaired) electrons. The summed E-state index contributed by atoms with van der Waals surface area (Å²) in [6, 6.07) is 0.703. The topological polar surface area (TPSA) is 50.9 Å². The Morgan fingerprint density at radius 2 is 2.44 bits per heavy atom. The molecule has 1 aromatic heterocycles. The summed E-state index contributed by atoms with van der Waals surface area (Å²) in [4.78, 5) is 4.56. The van der Waals surface area contributed by atoms with Gasteiger partial charge in [0.2, 0.25) is 0 Å². The Morgan fingerprint density at radius 3 is 3.12 bits per heavy atom. The molecule has 4 heteroatoms. The first kappa shape index (κ1) is 12.0. The monoisotopic (exact) mass is 239 g/mol. The first-order valence-electron chi connectivity index (χ1n) is 6.14. The minimum absolute atomic E-state index is 0.695. The van der Waals surface area contributed by atoms with Crippen molar-refractivity contribution in [3.63, 3.8) is 0 Å². The molecule has 0 aliphatic heterocycles. The zero-order valence-electron chi connectivity index (χ0n) is 9.91. The maximum Gasteiger partial charge on any atom is 0.0941 e. The molecular formula is C12H21N3S. The highest BCUT2D eigenvalue weighted by Crippen LogP contribution is 2.24. The predicted octanol–water partition coefficient (Wildman–Crippen LogP) is 1.92. The quantitative estimate of drug-likeness (QED) is 0.825. The molecule has 90 valence electrons. The number of hydrogen-bond acceptors (Lipinski definition) is 4. The standard InChI is InChI=1S/C12H21N3S/c1-9-2-3-10(6-9)14-7-11-8-16-12(15-11)4-5-13/h8-10,14H,2-7,13H2,1H3. The summed E-state index contributed by atoms with van der Waals surface area (Å²) in [5.41, 5.74) is 6.68. The number of hydrogen-bond donors (Lipinski definition) is 2. The lowest BCUT2D eigenvalue weighted by Crippen LogP contribution is -2.25. The molecule has 0 bridgehead atoms. The van der Waals surface area contributed by atoms with Gasteiger partial charge in [-0.05, 0) is 31.7 Å².